The van der Waals surface area contributed by atoms with Gasteiger partial charge in [-0.2, -0.15) is 0 Å². The number of fused-ring (bicyclic) bond motifs is 1. The monoisotopic (exact) mass is 434 g/mol. The number of rotatable bonds is 3. The van der Waals surface area contributed by atoms with Crippen LogP contribution in [0.4, 0.5) is 5.69 Å². The fourth-order valence-electron chi connectivity index (χ4n) is 3.39. The van der Waals surface area contributed by atoms with Gasteiger partial charge in [-0.1, -0.05) is 27.5 Å². The molecule has 0 saturated carbocycles. The van der Waals surface area contributed by atoms with Crippen molar-refractivity contribution in [1.82, 2.24) is 14.9 Å². The summed E-state index contributed by atoms with van der Waals surface area (Å²) in [5.41, 5.74) is 3.01. The molecule has 0 bridgehead atoms. The largest absolute Gasteiger partial charge is 0.444 e. The zero-order valence-corrected chi connectivity index (χ0v) is 17.1. The number of nitrogens with zero attached hydrogens (tertiary/aromatic N) is 4. The molecule has 136 valence electrons. The van der Waals surface area contributed by atoms with E-state index >= 15 is 0 Å². The van der Waals surface area contributed by atoms with Crippen LogP contribution in [0.25, 0.3) is 10.9 Å². The zero-order chi connectivity index (χ0) is 18.3. The van der Waals surface area contributed by atoms with Gasteiger partial charge in [0.25, 0.3) is 0 Å². The minimum absolute atomic E-state index is 0.671. The van der Waals surface area contributed by atoms with Gasteiger partial charge < -0.3 is 9.32 Å². The number of hydrogen-bond donors (Lipinski definition) is 0. The van der Waals surface area contributed by atoms with E-state index in [0.29, 0.717) is 5.02 Å². The molecule has 0 spiro atoms. The third-order valence-electron chi connectivity index (χ3n) is 4.88. The van der Waals surface area contributed by atoms with E-state index in [0.717, 1.165) is 65.4 Å². The number of oxazole rings is 1. The van der Waals surface area contributed by atoms with Gasteiger partial charge in [0.15, 0.2) is 0 Å². The van der Waals surface area contributed by atoms with Crippen molar-refractivity contribution in [2.24, 2.45) is 0 Å². The lowest BCUT2D eigenvalue weighted by molar-refractivity contribution is 0.225. The van der Waals surface area contributed by atoms with E-state index in [2.05, 4.69) is 47.8 Å². The predicted molar refractivity (Wildman–Crippen MR) is 108 cm³/mol. The summed E-state index contributed by atoms with van der Waals surface area (Å²) in [7, 11) is 0. The van der Waals surface area contributed by atoms with Crippen molar-refractivity contribution in [3.8, 4) is 0 Å². The third-order valence-corrected chi connectivity index (χ3v) is 5.63. The van der Waals surface area contributed by atoms with E-state index < -0.39 is 0 Å². The lowest BCUT2D eigenvalue weighted by atomic mass is 10.1. The summed E-state index contributed by atoms with van der Waals surface area (Å²) in [5, 5.41) is 1.75. The zero-order valence-electron chi connectivity index (χ0n) is 14.8. The number of hydrogen-bond acceptors (Lipinski definition) is 5. The van der Waals surface area contributed by atoms with E-state index in [4.69, 9.17) is 16.0 Å². The van der Waals surface area contributed by atoms with Gasteiger partial charge >= 0.3 is 0 Å². The number of pyridine rings is 1. The maximum Gasteiger partial charge on any atom is 0.208 e. The van der Waals surface area contributed by atoms with Gasteiger partial charge in [0.05, 0.1) is 22.8 Å². The van der Waals surface area contributed by atoms with Crippen molar-refractivity contribution in [2.75, 3.05) is 31.1 Å². The molecule has 1 aliphatic rings. The third kappa shape index (κ3) is 3.46. The van der Waals surface area contributed by atoms with E-state index in [9.17, 15) is 0 Å². The van der Waals surface area contributed by atoms with Gasteiger partial charge in [-0.05, 0) is 32.0 Å². The summed E-state index contributed by atoms with van der Waals surface area (Å²) in [6, 6.07) is 6.05. The first kappa shape index (κ1) is 17.8. The van der Waals surface area contributed by atoms with E-state index in [1.165, 1.54) is 5.69 Å². The molecule has 1 saturated heterocycles. The van der Waals surface area contributed by atoms with Gasteiger partial charge in [-0.15, -0.1) is 0 Å². The second-order valence-electron chi connectivity index (χ2n) is 6.63. The van der Waals surface area contributed by atoms with Crippen LogP contribution in [0, 0.1) is 13.8 Å². The highest BCUT2D eigenvalue weighted by molar-refractivity contribution is 9.10. The van der Waals surface area contributed by atoms with E-state index in [-0.39, 0.29) is 0 Å². The van der Waals surface area contributed by atoms with E-state index in [1.54, 1.807) is 0 Å². The molecule has 0 N–H and O–H groups in total. The highest BCUT2D eigenvalue weighted by atomic mass is 79.9. The Kier molecular flexibility index (Phi) is 4.90. The minimum atomic E-state index is 0.671. The standard InChI is InChI=1S/C19H20BrClN4O/c1-12-13(2)26-18(23-12)11-24-5-7-25(8-6-24)17-3-4-22-19-15(17)9-14(20)10-16(19)21/h3-4,9-10H,5-8,11H2,1-2H3. The average Bonchev–Trinajstić information content (AvgIpc) is 2.92. The Morgan fingerprint density at radius 1 is 1.19 bits per heavy atom. The Hall–Kier alpha value is -1.63. The Balaban J connectivity index is 1.50. The molecule has 0 amide bonds. The Labute approximate surface area is 166 Å². The van der Waals surface area contributed by atoms with Crippen molar-refractivity contribution in [3.63, 3.8) is 0 Å². The van der Waals surface area contributed by atoms with Crippen LogP contribution in [0.3, 0.4) is 0 Å². The highest BCUT2D eigenvalue weighted by Gasteiger charge is 2.21. The van der Waals surface area contributed by atoms with Gasteiger partial charge in [-0.3, -0.25) is 9.88 Å². The molecule has 3 aromatic rings. The summed E-state index contributed by atoms with van der Waals surface area (Å²) in [5.74, 6) is 1.71. The van der Waals surface area contributed by atoms with Crippen LogP contribution in [-0.4, -0.2) is 41.0 Å². The number of anilines is 1. The van der Waals surface area contributed by atoms with Crippen LogP contribution in [0.15, 0.2) is 33.3 Å². The van der Waals surface area contributed by atoms with Crippen molar-refractivity contribution in [1.29, 1.82) is 0 Å². The Morgan fingerprint density at radius 2 is 1.96 bits per heavy atom. The molecule has 7 heteroatoms. The molecule has 0 unspecified atom stereocenters. The van der Waals surface area contributed by atoms with Gasteiger partial charge in [0.2, 0.25) is 5.89 Å². The van der Waals surface area contributed by atoms with Crippen LogP contribution in [0.1, 0.15) is 17.3 Å². The summed E-state index contributed by atoms with van der Waals surface area (Å²) in [6.45, 7) is 8.53. The smallest absolute Gasteiger partial charge is 0.208 e. The molecule has 0 radical (unpaired) electrons. The Bertz CT molecular complexity index is 931. The second-order valence-corrected chi connectivity index (χ2v) is 7.95. The normalized spacial score (nSPS) is 15.8. The highest BCUT2D eigenvalue weighted by Crippen LogP contribution is 2.33. The van der Waals surface area contributed by atoms with Crippen molar-refractivity contribution in [2.45, 2.75) is 20.4 Å². The number of aryl methyl sites for hydroxylation is 2. The number of halogens is 2. The first-order valence-corrected chi connectivity index (χ1v) is 9.82. The number of benzene rings is 1. The van der Waals surface area contributed by atoms with Crippen molar-refractivity contribution >= 4 is 44.1 Å². The van der Waals surface area contributed by atoms with Gasteiger partial charge in [0, 0.05) is 47.9 Å². The molecule has 0 atom stereocenters. The fourth-order valence-corrected chi connectivity index (χ4v) is 4.24. The molecule has 0 aliphatic carbocycles. The summed E-state index contributed by atoms with van der Waals surface area (Å²) in [6.07, 6.45) is 1.84. The molecule has 26 heavy (non-hydrogen) atoms. The lowest BCUT2D eigenvalue weighted by Gasteiger charge is -2.36. The van der Waals surface area contributed by atoms with Crippen molar-refractivity contribution < 1.29 is 4.42 Å². The minimum Gasteiger partial charge on any atom is -0.444 e. The van der Waals surface area contributed by atoms with Gasteiger partial charge in [-0.25, -0.2) is 4.98 Å². The summed E-state index contributed by atoms with van der Waals surface area (Å²) < 4.78 is 6.69. The molecule has 1 fully saturated rings. The number of piperazine rings is 1. The fraction of sp³-hybridized carbons (Fsp3) is 0.368. The average molecular weight is 436 g/mol. The van der Waals surface area contributed by atoms with Crippen LogP contribution in [0.2, 0.25) is 5.02 Å². The predicted octanol–water partition coefficient (Wildman–Crippen LogP) is 4.58. The molecule has 1 aromatic carbocycles. The van der Waals surface area contributed by atoms with Crippen LogP contribution in [-0.2, 0) is 6.54 Å². The lowest BCUT2D eigenvalue weighted by Crippen LogP contribution is -2.46. The maximum absolute atomic E-state index is 6.36. The molecular weight excluding hydrogens is 416 g/mol. The summed E-state index contributed by atoms with van der Waals surface area (Å²) in [4.78, 5) is 13.7. The molecule has 1 aliphatic heterocycles. The summed E-state index contributed by atoms with van der Waals surface area (Å²) >= 11 is 9.90. The second kappa shape index (κ2) is 7.18. The van der Waals surface area contributed by atoms with Crippen LogP contribution in [0.5, 0.6) is 0 Å². The molecule has 2 aromatic heterocycles. The van der Waals surface area contributed by atoms with Crippen LogP contribution >= 0.6 is 27.5 Å². The molecule has 4 rings (SSSR count). The van der Waals surface area contributed by atoms with E-state index in [1.807, 2.05) is 26.1 Å². The first-order chi connectivity index (χ1) is 12.5. The quantitative estimate of drug-likeness (QED) is 0.603. The SMILES string of the molecule is Cc1nc(CN2CCN(c3ccnc4c(Cl)cc(Br)cc34)CC2)oc1C. The number of aromatic nitrogens is 2. The molecule has 5 nitrogen and oxygen atoms in total. The maximum atomic E-state index is 6.36. The topological polar surface area (TPSA) is 45.4 Å². The molecular formula is C19H20BrClN4O. The first-order valence-electron chi connectivity index (χ1n) is 8.65. The molecule has 3 heterocycles. The van der Waals surface area contributed by atoms with Gasteiger partial charge in [0.1, 0.15) is 5.76 Å². The Morgan fingerprint density at radius 3 is 2.65 bits per heavy atom. The van der Waals surface area contributed by atoms with Crippen LogP contribution < -0.4 is 4.90 Å². The van der Waals surface area contributed by atoms with Crippen molar-refractivity contribution in [3.05, 3.63) is 51.2 Å².